The maximum atomic E-state index is 13.3. The lowest BCUT2D eigenvalue weighted by atomic mass is 9.96. The Bertz CT molecular complexity index is 928. The first-order valence-electron chi connectivity index (χ1n) is 12.8. The number of rotatable bonds is 18. The molecular formula is C26H41N5O7. The van der Waals surface area contributed by atoms with Crippen molar-refractivity contribution in [3.63, 3.8) is 0 Å². The third kappa shape index (κ3) is 11.7. The lowest BCUT2D eigenvalue weighted by Crippen LogP contribution is -2.59. The molecule has 212 valence electrons. The van der Waals surface area contributed by atoms with Crippen LogP contribution in [0.1, 0.15) is 57.9 Å². The number of aliphatic carboxylic acids is 2. The van der Waals surface area contributed by atoms with Crippen LogP contribution in [-0.2, 0) is 30.4 Å². The highest BCUT2D eigenvalue weighted by molar-refractivity contribution is 5.94. The van der Waals surface area contributed by atoms with Crippen LogP contribution in [0.15, 0.2) is 30.3 Å². The van der Waals surface area contributed by atoms with Gasteiger partial charge in [0.15, 0.2) is 0 Å². The predicted octanol–water partition coefficient (Wildman–Crippen LogP) is 0.135. The highest BCUT2D eigenvalue weighted by Crippen LogP contribution is 2.11. The highest BCUT2D eigenvalue weighted by atomic mass is 16.4. The van der Waals surface area contributed by atoms with E-state index >= 15 is 0 Å². The number of carboxylic acid groups (broad SMARTS) is 2. The fraction of sp³-hybridized carbons (Fsp3) is 0.577. The maximum Gasteiger partial charge on any atom is 0.326 e. The summed E-state index contributed by atoms with van der Waals surface area (Å²) in [5.41, 5.74) is 12.0. The van der Waals surface area contributed by atoms with Crippen LogP contribution >= 0.6 is 0 Å². The molecule has 0 unspecified atom stereocenters. The van der Waals surface area contributed by atoms with Gasteiger partial charge in [-0.05, 0) is 43.7 Å². The molecule has 0 spiro atoms. The van der Waals surface area contributed by atoms with E-state index in [4.69, 9.17) is 16.6 Å². The normalized spacial score (nSPS) is 14.8. The Labute approximate surface area is 222 Å². The Morgan fingerprint density at radius 3 is 2.05 bits per heavy atom. The molecule has 9 N–H and O–H groups in total. The number of nitrogens with one attached hydrogen (secondary N) is 3. The van der Waals surface area contributed by atoms with Gasteiger partial charge >= 0.3 is 11.9 Å². The third-order valence-corrected chi connectivity index (χ3v) is 6.28. The van der Waals surface area contributed by atoms with Crippen molar-refractivity contribution in [2.24, 2.45) is 17.4 Å². The number of nitrogens with two attached hydrogens (primary N) is 2. The van der Waals surface area contributed by atoms with Crippen molar-refractivity contribution in [2.75, 3.05) is 6.54 Å². The Morgan fingerprint density at radius 2 is 1.50 bits per heavy atom. The second-order valence-electron chi connectivity index (χ2n) is 9.35. The lowest BCUT2D eigenvalue weighted by Gasteiger charge is -2.28. The average molecular weight is 536 g/mol. The van der Waals surface area contributed by atoms with Gasteiger partial charge in [-0.15, -0.1) is 0 Å². The summed E-state index contributed by atoms with van der Waals surface area (Å²) >= 11 is 0. The van der Waals surface area contributed by atoms with Crippen LogP contribution in [-0.4, -0.2) is 70.6 Å². The molecule has 1 aromatic carbocycles. The molecule has 0 heterocycles. The molecule has 0 saturated heterocycles. The Kier molecular flexibility index (Phi) is 14.6. The molecule has 0 aliphatic rings. The Morgan fingerprint density at radius 1 is 0.868 bits per heavy atom. The molecule has 1 rings (SSSR count). The quantitative estimate of drug-likeness (QED) is 0.127. The van der Waals surface area contributed by atoms with E-state index in [1.54, 1.807) is 37.3 Å². The van der Waals surface area contributed by atoms with Crippen molar-refractivity contribution in [3.05, 3.63) is 35.9 Å². The first kappa shape index (κ1) is 32.5. The van der Waals surface area contributed by atoms with Crippen molar-refractivity contribution < 1.29 is 34.2 Å². The summed E-state index contributed by atoms with van der Waals surface area (Å²) in [6, 6.07) is 4.46. The number of unbranched alkanes of at least 4 members (excludes halogenated alkanes) is 1. The van der Waals surface area contributed by atoms with Crippen LogP contribution in [0.5, 0.6) is 0 Å². The second-order valence-corrected chi connectivity index (χ2v) is 9.35. The number of carbonyl (C=O) groups is 5. The lowest BCUT2D eigenvalue weighted by molar-refractivity contribution is -0.142. The minimum atomic E-state index is -1.19. The van der Waals surface area contributed by atoms with E-state index in [1.807, 2.05) is 6.92 Å². The second kappa shape index (κ2) is 17.1. The van der Waals surface area contributed by atoms with E-state index in [9.17, 15) is 29.1 Å². The monoisotopic (exact) mass is 535 g/mol. The summed E-state index contributed by atoms with van der Waals surface area (Å²) < 4.78 is 0. The SMILES string of the molecule is CC[C@H](C)[C@H](NC(=O)[C@@H](N)CCC(=O)O)C(=O)N[C@@H](Cc1ccccc1)C(=O)N[C@@H](CCCCN)C(=O)O. The van der Waals surface area contributed by atoms with Gasteiger partial charge in [0.05, 0.1) is 6.04 Å². The minimum absolute atomic E-state index is 0.0901. The Hall–Kier alpha value is -3.51. The van der Waals surface area contributed by atoms with E-state index in [1.165, 1.54) is 0 Å². The zero-order chi connectivity index (χ0) is 28.7. The molecule has 0 fully saturated rings. The molecule has 0 radical (unpaired) electrons. The van der Waals surface area contributed by atoms with Gasteiger partial charge in [0.1, 0.15) is 18.1 Å². The van der Waals surface area contributed by atoms with Crippen molar-refractivity contribution in [1.82, 2.24) is 16.0 Å². The van der Waals surface area contributed by atoms with Gasteiger partial charge in [0, 0.05) is 12.8 Å². The number of benzene rings is 1. The van der Waals surface area contributed by atoms with Gasteiger partial charge in [-0.2, -0.15) is 0 Å². The number of carboxylic acids is 2. The fourth-order valence-electron chi connectivity index (χ4n) is 3.72. The molecule has 3 amide bonds. The molecule has 5 atom stereocenters. The average Bonchev–Trinajstić information content (AvgIpc) is 2.89. The summed E-state index contributed by atoms with van der Waals surface area (Å²) in [6.07, 6.45) is 1.50. The van der Waals surface area contributed by atoms with E-state index in [2.05, 4.69) is 16.0 Å². The number of hydrogen-bond donors (Lipinski definition) is 7. The van der Waals surface area contributed by atoms with Crippen LogP contribution < -0.4 is 27.4 Å². The summed E-state index contributed by atoms with van der Waals surface area (Å²) in [7, 11) is 0. The molecule has 0 bridgehead atoms. The molecule has 0 aliphatic heterocycles. The molecule has 38 heavy (non-hydrogen) atoms. The summed E-state index contributed by atoms with van der Waals surface area (Å²) in [5, 5.41) is 26.2. The minimum Gasteiger partial charge on any atom is -0.481 e. The van der Waals surface area contributed by atoms with Crippen molar-refractivity contribution >= 4 is 29.7 Å². The molecule has 0 aromatic heterocycles. The zero-order valence-electron chi connectivity index (χ0n) is 22.0. The van der Waals surface area contributed by atoms with Gasteiger partial charge < -0.3 is 37.6 Å². The van der Waals surface area contributed by atoms with E-state index in [0.29, 0.717) is 25.8 Å². The largest absolute Gasteiger partial charge is 0.481 e. The summed E-state index contributed by atoms with van der Waals surface area (Å²) in [5.74, 6) is -4.61. The van der Waals surface area contributed by atoms with Crippen LogP contribution in [0.25, 0.3) is 0 Å². The third-order valence-electron chi connectivity index (χ3n) is 6.28. The molecule has 1 aromatic rings. The molecular weight excluding hydrogens is 494 g/mol. The van der Waals surface area contributed by atoms with Crippen molar-refractivity contribution in [1.29, 1.82) is 0 Å². The summed E-state index contributed by atoms with van der Waals surface area (Å²) in [6.45, 7) is 3.97. The number of hydrogen-bond acceptors (Lipinski definition) is 7. The summed E-state index contributed by atoms with van der Waals surface area (Å²) in [4.78, 5) is 61.6. The Balaban J connectivity index is 3.09. The van der Waals surface area contributed by atoms with Crippen LogP contribution in [0, 0.1) is 5.92 Å². The van der Waals surface area contributed by atoms with Gasteiger partial charge in [-0.1, -0.05) is 50.6 Å². The standard InChI is InChI=1S/C26H41N5O7/c1-3-16(2)22(31-23(34)18(28)12-13-21(32)33)25(36)30-20(15-17-9-5-4-6-10-17)24(35)29-19(26(37)38)11-7-8-14-27/h4-6,9-10,16,18-20,22H,3,7-8,11-15,27-28H2,1-2H3,(H,29,35)(H,30,36)(H,31,34)(H,32,33)(H,37,38)/t16-,18-,19-,20-,22-/m0/s1. The maximum absolute atomic E-state index is 13.3. The van der Waals surface area contributed by atoms with Crippen LogP contribution in [0.3, 0.4) is 0 Å². The first-order valence-corrected chi connectivity index (χ1v) is 12.8. The number of carbonyl (C=O) groups excluding carboxylic acids is 3. The van der Waals surface area contributed by atoms with E-state index < -0.39 is 53.8 Å². The van der Waals surface area contributed by atoms with Gasteiger partial charge in [0.25, 0.3) is 0 Å². The van der Waals surface area contributed by atoms with Crippen molar-refractivity contribution in [3.8, 4) is 0 Å². The van der Waals surface area contributed by atoms with Crippen LogP contribution in [0.4, 0.5) is 0 Å². The smallest absolute Gasteiger partial charge is 0.326 e. The fourth-order valence-corrected chi connectivity index (χ4v) is 3.72. The van der Waals surface area contributed by atoms with E-state index in [-0.39, 0.29) is 31.6 Å². The number of amides is 3. The predicted molar refractivity (Wildman–Crippen MR) is 141 cm³/mol. The van der Waals surface area contributed by atoms with Crippen LogP contribution in [0.2, 0.25) is 0 Å². The zero-order valence-corrected chi connectivity index (χ0v) is 22.0. The molecule has 12 nitrogen and oxygen atoms in total. The van der Waals surface area contributed by atoms with Gasteiger partial charge in [0.2, 0.25) is 17.7 Å². The highest BCUT2D eigenvalue weighted by Gasteiger charge is 2.32. The first-order chi connectivity index (χ1) is 18.0. The molecule has 0 saturated carbocycles. The van der Waals surface area contributed by atoms with Crippen molar-refractivity contribution in [2.45, 2.75) is 83.0 Å². The topological polar surface area (TPSA) is 214 Å². The van der Waals surface area contributed by atoms with Gasteiger partial charge in [-0.25, -0.2) is 4.79 Å². The van der Waals surface area contributed by atoms with Gasteiger partial charge in [-0.3, -0.25) is 19.2 Å². The molecule has 0 aliphatic carbocycles. The van der Waals surface area contributed by atoms with E-state index in [0.717, 1.165) is 5.56 Å². The molecule has 12 heteroatoms.